The molecule has 0 unspecified atom stereocenters. The molecule has 280 valence electrons. The second-order valence-electron chi connectivity index (χ2n) is 11.4. The Morgan fingerprint density at radius 2 is 0.852 bits per heavy atom. The SMILES string of the molecule is COc1cc(CCC(=O)c2ccc(OP(=O)([O-])Oc3ccc(C(=O)CCc4cc(OC)c(OC(C)=O)c(OC)c4)cc3)cc2)cc(OC)c1OC(C)=O.[Na+]. The van der Waals surface area contributed by atoms with E-state index in [4.69, 9.17) is 37.5 Å². The van der Waals surface area contributed by atoms with E-state index in [-0.39, 0.29) is 100.0 Å². The van der Waals surface area contributed by atoms with Crippen LogP contribution in [0.3, 0.4) is 0 Å². The first-order valence-electron chi connectivity index (χ1n) is 16.1. The molecule has 0 N–H and O–H groups in total. The van der Waals surface area contributed by atoms with Crippen molar-refractivity contribution in [2.75, 3.05) is 28.4 Å². The van der Waals surface area contributed by atoms with Gasteiger partial charge in [-0.2, -0.15) is 0 Å². The normalized spacial score (nSPS) is 10.6. The molecule has 0 spiro atoms. The van der Waals surface area contributed by atoms with Crippen molar-refractivity contribution < 1.29 is 95.7 Å². The van der Waals surface area contributed by atoms with E-state index >= 15 is 0 Å². The van der Waals surface area contributed by atoms with E-state index in [2.05, 4.69) is 0 Å². The molecule has 16 heteroatoms. The van der Waals surface area contributed by atoms with Crippen LogP contribution in [-0.2, 0) is 27.0 Å². The van der Waals surface area contributed by atoms with Crippen LogP contribution in [0, 0.1) is 0 Å². The second kappa shape index (κ2) is 20.0. The topological polar surface area (TPSA) is 182 Å². The van der Waals surface area contributed by atoms with E-state index in [1.165, 1.54) is 90.8 Å². The first kappa shape index (κ1) is 43.6. The molecule has 0 bridgehead atoms. The predicted molar refractivity (Wildman–Crippen MR) is 189 cm³/mol. The van der Waals surface area contributed by atoms with Gasteiger partial charge in [0.15, 0.2) is 34.6 Å². The molecule has 0 radical (unpaired) electrons. The summed E-state index contributed by atoms with van der Waals surface area (Å²) in [5, 5.41) is 0. The summed E-state index contributed by atoms with van der Waals surface area (Å²) in [6.07, 6.45) is 0.843. The van der Waals surface area contributed by atoms with Gasteiger partial charge in [-0.15, -0.1) is 0 Å². The molecule has 0 heterocycles. The van der Waals surface area contributed by atoms with Crippen molar-refractivity contribution in [3.63, 3.8) is 0 Å². The monoisotopic (exact) mass is 772 g/mol. The number of carbonyl (C=O) groups is 4. The van der Waals surface area contributed by atoms with Crippen LogP contribution in [0.1, 0.15) is 58.5 Å². The summed E-state index contributed by atoms with van der Waals surface area (Å²) in [5.41, 5.74) is 2.06. The number of benzene rings is 4. The van der Waals surface area contributed by atoms with Gasteiger partial charge in [0.25, 0.3) is 0 Å². The fourth-order valence-electron chi connectivity index (χ4n) is 5.13. The van der Waals surface area contributed by atoms with Crippen LogP contribution in [0.5, 0.6) is 46.0 Å². The average molecular weight is 773 g/mol. The van der Waals surface area contributed by atoms with Gasteiger partial charge in [-0.3, -0.25) is 19.2 Å². The van der Waals surface area contributed by atoms with Gasteiger partial charge in [0, 0.05) is 37.8 Å². The summed E-state index contributed by atoms with van der Waals surface area (Å²) in [6, 6.07) is 17.7. The molecule has 4 aromatic rings. The number of Topliss-reactive ketones (excluding diaryl/α,β-unsaturated/α-hetero) is 2. The molecule has 0 fully saturated rings. The Morgan fingerprint density at radius 3 is 1.11 bits per heavy atom. The molecule has 4 aromatic carbocycles. The molecule has 14 nitrogen and oxygen atoms in total. The first-order valence-corrected chi connectivity index (χ1v) is 17.5. The Kier molecular flexibility index (Phi) is 16.1. The summed E-state index contributed by atoms with van der Waals surface area (Å²) >= 11 is 0. The van der Waals surface area contributed by atoms with E-state index in [0.29, 0.717) is 35.1 Å². The first-order chi connectivity index (χ1) is 25.2. The summed E-state index contributed by atoms with van der Waals surface area (Å²) in [4.78, 5) is 61.4. The van der Waals surface area contributed by atoms with Gasteiger partial charge in [-0.25, -0.2) is 4.57 Å². The summed E-state index contributed by atoms with van der Waals surface area (Å²) < 4.78 is 54.5. The quantitative estimate of drug-likeness (QED) is 0.0473. The fraction of sp³-hybridized carbons (Fsp3) is 0.263. The molecule has 0 aromatic heterocycles. The average Bonchev–Trinajstić information content (AvgIpc) is 3.13. The number of methoxy groups -OCH3 is 4. The Morgan fingerprint density at radius 1 is 0.556 bits per heavy atom. The number of aryl methyl sites for hydroxylation is 2. The summed E-state index contributed by atoms with van der Waals surface area (Å²) in [5.74, 6) is -0.282. The van der Waals surface area contributed by atoms with Crippen LogP contribution >= 0.6 is 7.82 Å². The van der Waals surface area contributed by atoms with Gasteiger partial charge in [-0.1, -0.05) is 0 Å². The summed E-state index contributed by atoms with van der Waals surface area (Å²) in [6.45, 7) is 2.51. The van der Waals surface area contributed by atoms with Crippen LogP contribution in [0.2, 0.25) is 0 Å². The smallest absolute Gasteiger partial charge is 0.736 e. The number of phosphoric ester groups is 1. The standard InChI is InChI=1S/C38H39O14P.Na/c1-23(39)49-37-33(45-3)19-25(20-34(37)46-4)7-17-31(41)27-9-13-29(14-10-27)51-53(43,44)52-30-15-11-28(12-16-30)32(42)18-8-26-21-35(47-5)38(50-24(2)40)36(22-26)48-6;/h9-16,19-22H,7-8,17-18H2,1-6H3,(H,43,44);/q;+1/p-1. The van der Waals surface area contributed by atoms with Gasteiger partial charge < -0.3 is 42.4 Å². The molecule has 0 aliphatic rings. The molecular weight excluding hydrogens is 734 g/mol. The van der Waals surface area contributed by atoms with Gasteiger partial charge in [-0.05, 0) is 96.8 Å². The maximum absolute atomic E-state index is 12.9. The second-order valence-corrected chi connectivity index (χ2v) is 12.6. The number of ketones is 2. The van der Waals surface area contributed by atoms with E-state index < -0.39 is 19.8 Å². The van der Waals surface area contributed by atoms with Crippen LogP contribution in [0.25, 0.3) is 0 Å². The van der Waals surface area contributed by atoms with Crippen molar-refractivity contribution in [3.8, 4) is 46.0 Å². The van der Waals surface area contributed by atoms with E-state index in [1.54, 1.807) is 24.3 Å². The maximum atomic E-state index is 12.9. The van der Waals surface area contributed by atoms with E-state index in [9.17, 15) is 28.6 Å². The number of carbonyl (C=O) groups excluding carboxylic acids is 4. The van der Waals surface area contributed by atoms with Crippen molar-refractivity contribution in [2.45, 2.75) is 39.5 Å². The third kappa shape index (κ3) is 12.1. The van der Waals surface area contributed by atoms with Crippen LogP contribution < -0.4 is 71.9 Å². The zero-order valence-electron chi connectivity index (χ0n) is 30.9. The number of ether oxygens (including phenoxy) is 6. The van der Waals surface area contributed by atoms with Gasteiger partial charge in [0.05, 0.1) is 28.4 Å². The third-order valence-corrected chi connectivity index (χ3v) is 8.47. The largest absolute Gasteiger partial charge is 1.00 e. The van der Waals surface area contributed by atoms with E-state index in [1.807, 2.05) is 0 Å². The molecule has 0 aliphatic heterocycles. The van der Waals surface area contributed by atoms with Gasteiger partial charge >= 0.3 is 49.3 Å². The number of esters is 2. The molecule has 0 saturated heterocycles. The molecule has 54 heavy (non-hydrogen) atoms. The van der Waals surface area contributed by atoms with Crippen molar-refractivity contribution in [2.24, 2.45) is 0 Å². The Balaban J connectivity index is 0.00000784. The Labute approximate surface area is 334 Å². The molecule has 0 aliphatic carbocycles. The molecule has 0 saturated carbocycles. The van der Waals surface area contributed by atoms with Crippen molar-refractivity contribution in [3.05, 3.63) is 95.1 Å². The number of hydrogen-bond acceptors (Lipinski definition) is 14. The minimum absolute atomic E-state index is 0. The number of rotatable bonds is 18. The maximum Gasteiger partial charge on any atom is 1.00 e. The van der Waals surface area contributed by atoms with Crippen molar-refractivity contribution >= 4 is 31.3 Å². The van der Waals surface area contributed by atoms with Crippen LogP contribution in [0.4, 0.5) is 0 Å². The molecule has 0 atom stereocenters. The van der Waals surface area contributed by atoms with Crippen LogP contribution in [0.15, 0.2) is 72.8 Å². The zero-order chi connectivity index (χ0) is 38.7. The fourth-order valence-corrected chi connectivity index (χ4v) is 5.93. The van der Waals surface area contributed by atoms with Crippen LogP contribution in [-0.4, -0.2) is 51.9 Å². The third-order valence-electron chi connectivity index (χ3n) is 7.60. The molecule has 4 rings (SSSR count). The summed E-state index contributed by atoms with van der Waals surface area (Å²) in [7, 11) is 0.770. The molecule has 0 amide bonds. The van der Waals surface area contributed by atoms with E-state index in [0.717, 1.165) is 0 Å². The number of hydrogen-bond donors (Lipinski definition) is 0. The van der Waals surface area contributed by atoms with Crippen molar-refractivity contribution in [1.82, 2.24) is 0 Å². The van der Waals surface area contributed by atoms with Gasteiger partial charge in [0.2, 0.25) is 11.5 Å². The minimum Gasteiger partial charge on any atom is -0.736 e. The predicted octanol–water partition coefficient (Wildman–Crippen LogP) is 3.13. The van der Waals surface area contributed by atoms with Gasteiger partial charge in [0.1, 0.15) is 11.5 Å². The number of phosphoric acid groups is 1. The molecular formula is C38H38NaO14P. The minimum atomic E-state index is -4.91. The Hall–Kier alpha value is -4.85. The Bertz CT molecular complexity index is 1820. The van der Waals surface area contributed by atoms with Crippen molar-refractivity contribution in [1.29, 1.82) is 0 Å². The zero-order valence-corrected chi connectivity index (χ0v) is 33.8.